The smallest absolute Gasteiger partial charge is 0.471 e. The Morgan fingerprint density at radius 2 is 1.88 bits per heavy atom. The number of alkyl halides is 3. The molecule has 1 amide bonds. The summed E-state index contributed by atoms with van der Waals surface area (Å²) in [6.07, 6.45) is -5.14. The van der Waals surface area contributed by atoms with Crippen LogP contribution in [-0.4, -0.2) is 40.4 Å². The fraction of sp³-hybridized carbons (Fsp3) is 0.778. The van der Waals surface area contributed by atoms with Gasteiger partial charge in [-0.1, -0.05) is 0 Å². The molecule has 5 nitrogen and oxygen atoms in total. The molecule has 98 valence electrons. The summed E-state index contributed by atoms with van der Waals surface area (Å²) < 4.78 is 35.9. The zero-order valence-electron chi connectivity index (χ0n) is 8.70. The Kier molecular flexibility index (Phi) is 3.97. The third-order valence-electron chi connectivity index (χ3n) is 2.73. The number of carboxylic acids is 1. The van der Waals surface area contributed by atoms with Gasteiger partial charge in [0.2, 0.25) is 0 Å². The van der Waals surface area contributed by atoms with E-state index in [-0.39, 0.29) is 12.8 Å². The molecule has 17 heavy (non-hydrogen) atoms. The van der Waals surface area contributed by atoms with Gasteiger partial charge in [0.25, 0.3) is 0 Å². The number of aliphatic hydroxyl groups is 1. The van der Waals surface area contributed by atoms with Crippen molar-refractivity contribution >= 4 is 11.9 Å². The van der Waals surface area contributed by atoms with Gasteiger partial charge in [-0.25, -0.2) is 4.79 Å². The third-order valence-corrected chi connectivity index (χ3v) is 2.73. The summed E-state index contributed by atoms with van der Waals surface area (Å²) in [6.45, 7) is 0. The lowest BCUT2D eigenvalue weighted by Crippen LogP contribution is -2.50. The maximum Gasteiger partial charge on any atom is 0.471 e. The molecule has 1 aliphatic rings. The molecule has 0 bridgehead atoms. The molecule has 3 atom stereocenters. The van der Waals surface area contributed by atoms with Crippen molar-refractivity contribution in [3.05, 3.63) is 0 Å². The molecule has 1 saturated carbocycles. The number of nitrogens with one attached hydrogen (secondary N) is 1. The average molecular weight is 255 g/mol. The van der Waals surface area contributed by atoms with Crippen LogP contribution in [0.15, 0.2) is 0 Å². The van der Waals surface area contributed by atoms with Crippen molar-refractivity contribution in [2.24, 2.45) is 5.92 Å². The first-order valence-electron chi connectivity index (χ1n) is 5.00. The lowest BCUT2D eigenvalue weighted by Gasteiger charge is -2.21. The van der Waals surface area contributed by atoms with E-state index >= 15 is 0 Å². The van der Waals surface area contributed by atoms with Crippen LogP contribution in [-0.2, 0) is 9.59 Å². The van der Waals surface area contributed by atoms with Crippen LogP contribution in [0.1, 0.15) is 19.3 Å². The fourth-order valence-electron chi connectivity index (χ4n) is 1.90. The van der Waals surface area contributed by atoms with Crippen LogP contribution in [0.5, 0.6) is 0 Å². The van der Waals surface area contributed by atoms with E-state index in [0.717, 1.165) is 0 Å². The summed E-state index contributed by atoms with van der Waals surface area (Å²) in [5.74, 6) is -4.47. The SMILES string of the molecule is O=C(O)C(NC(=O)C(F)(F)F)C1CCC(O)C1. The van der Waals surface area contributed by atoms with Crippen LogP contribution in [0.3, 0.4) is 0 Å². The molecule has 0 aromatic rings. The average Bonchev–Trinajstić information content (AvgIpc) is 2.58. The standard InChI is InChI=1S/C9H12F3NO4/c10-9(11,12)8(17)13-6(7(15)16)4-1-2-5(14)3-4/h4-6,14H,1-3H2,(H,13,17)(H,15,16). The van der Waals surface area contributed by atoms with E-state index < -0.39 is 36.1 Å². The number of rotatable bonds is 3. The van der Waals surface area contributed by atoms with Gasteiger partial charge < -0.3 is 15.5 Å². The third kappa shape index (κ3) is 3.58. The molecule has 0 aliphatic heterocycles. The molecule has 0 radical (unpaired) electrons. The topological polar surface area (TPSA) is 86.6 Å². The summed E-state index contributed by atoms with van der Waals surface area (Å²) in [5.41, 5.74) is 0. The molecule has 8 heteroatoms. The van der Waals surface area contributed by atoms with Crippen molar-refractivity contribution in [3.63, 3.8) is 0 Å². The first kappa shape index (κ1) is 13.8. The van der Waals surface area contributed by atoms with Gasteiger partial charge in [0.1, 0.15) is 6.04 Å². The van der Waals surface area contributed by atoms with E-state index in [1.807, 2.05) is 0 Å². The molecule has 0 saturated heterocycles. The highest BCUT2D eigenvalue weighted by atomic mass is 19.4. The summed E-state index contributed by atoms with van der Waals surface area (Å²) in [6, 6.07) is -1.61. The Labute approximate surface area is 94.6 Å². The normalized spacial score (nSPS) is 26.6. The predicted molar refractivity (Wildman–Crippen MR) is 49.0 cm³/mol. The van der Waals surface area contributed by atoms with Crippen molar-refractivity contribution in [1.29, 1.82) is 0 Å². The van der Waals surface area contributed by atoms with Crippen molar-refractivity contribution < 1.29 is 33.0 Å². The highest BCUT2D eigenvalue weighted by molar-refractivity contribution is 5.87. The zero-order chi connectivity index (χ0) is 13.2. The number of carbonyl (C=O) groups excluding carboxylic acids is 1. The number of hydrogen-bond acceptors (Lipinski definition) is 3. The van der Waals surface area contributed by atoms with Crippen molar-refractivity contribution in [1.82, 2.24) is 5.32 Å². The van der Waals surface area contributed by atoms with Gasteiger partial charge in [-0.15, -0.1) is 0 Å². The quantitative estimate of drug-likeness (QED) is 0.676. The number of halogens is 3. The molecule has 1 fully saturated rings. The monoisotopic (exact) mass is 255 g/mol. The molecule has 0 heterocycles. The molecule has 0 aromatic heterocycles. The minimum Gasteiger partial charge on any atom is -0.480 e. The van der Waals surface area contributed by atoms with E-state index in [2.05, 4.69) is 0 Å². The Balaban J connectivity index is 2.68. The second-order valence-electron chi connectivity index (χ2n) is 4.01. The number of hydrogen-bond donors (Lipinski definition) is 3. The van der Waals surface area contributed by atoms with Gasteiger partial charge in [-0.2, -0.15) is 13.2 Å². The molecule has 3 unspecified atom stereocenters. The molecule has 0 spiro atoms. The number of carboxylic acid groups (broad SMARTS) is 1. The van der Waals surface area contributed by atoms with Gasteiger partial charge in [-0.3, -0.25) is 4.79 Å². The summed E-state index contributed by atoms with van der Waals surface area (Å²) in [7, 11) is 0. The molecule has 1 aliphatic carbocycles. The second-order valence-corrected chi connectivity index (χ2v) is 4.01. The summed E-state index contributed by atoms with van der Waals surface area (Å²) in [5, 5.41) is 19.4. The van der Waals surface area contributed by atoms with Crippen molar-refractivity contribution in [2.75, 3.05) is 0 Å². The summed E-state index contributed by atoms with van der Waals surface area (Å²) >= 11 is 0. The van der Waals surface area contributed by atoms with E-state index in [1.54, 1.807) is 0 Å². The minimum absolute atomic E-state index is 0.0785. The molecular formula is C9H12F3NO4. The zero-order valence-corrected chi connectivity index (χ0v) is 8.70. The highest BCUT2D eigenvalue weighted by Gasteiger charge is 2.43. The maximum absolute atomic E-state index is 12.0. The Morgan fingerprint density at radius 1 is 1.29 bits per heavy atom. The minimum atomic E-state index is -5.11. The summed E-state index contributed by atoms with van der Waals surface area (Å²) in [4.78, 5) is 21.4. The van der Waals surface area contributed by atoms with E-state index in [4.69, 9.17) is 5.11 Å². The van der Waals surface area contributed by atoms with Gasteiger partial charge in [0, 0.05) is 0 Å². The lowest BCUT2D eigenvalue weighted by molar-refractivity contribution is -0.176. The van der Waals surface area contributed by atoms with Gasteiger partial charge in [0.15, 0.2) is 0 Å². The molecule has 0 aromatic carbocycles. The van der Waals surface area contributed by atoms with Gasteiger partial charge in [0.05, 0.1) is 6.10 Å². The number of carbonyl (C=O) groups is 2. The Morgan fingerprint density at radius 3 is 2.24 bits per heavy atom. The van der Waals surface area contributed by atoms with Crippen molar-refractivity contribution in [2.45, 2.75) is 37.6 Å². The molecule has 1 rings (SSSR count). The van der Waals surface area contributed by atoms with Crippen molar-refractivity contribution in [3.8, 4) is 0 Å². The lowest BCUT2D eigenvalue weighted by atomic mass is 9.98. The van der Waals surface area contributed by atoms with Crippen LogP contribution in [0.2, 0.25) is 0 Å². The second kappa shape index (κ2) is 4.91. The van der Waals surface area contributed by atoms with Crippen LogP contribution < -0.4 is 5.32 Å². The molecule has 3 N–H and O–H groups in total. The van der Waals surface area contributed by atoms with Crippen LogP contribution in [0, 0.1) is 5.92 Å². The van der Waals surface area contributed by atoms with Crippen LogP contribution in [0.4, 0.5) is 13.2 Å². The van der Waals surface area contributed by atoms with Crippen LogP contribution >= 0.6 is 0 Å². The van der Waals surface area contributed by atoms with E-state index in [1.165, 1.54) is 5.32 Å². The fourth-order valence-corrected chi connectivity index (χ4v) is 1.90. The first-order valence-corrected chi connectivity index (χ1v) is 5.00. The van der Waals surface area contributed by atoms with Gasteiger partial charge >= 0.3 is 18.1 Å². The number of aliphatic carboxylic acids is 1. The maximum atomic E-state index is 12.0. The Hall–Kier alpha value is -1.31. The van der Waals surface area contributed by atoms with Crippen LogP contribution in [0.25, 0.3) is 0 Å². The Bertz CT molecular complexity index is 318. The highest BCUT2D eigenvalue weighted by Crippen LogP contribution is 2.29. The number of aliphatic hydroxyl groups excluding tert-OH is 1. The molecular weight excluding hydrogens is 243 g/mol. The number of amides is 1. The largest absolute Gasteiger partial charge is 0.480 e. The predicted octanol–water partition coefficient (Wildman–Crippen LogP) is 0.279. The van der Waals surface area contributed by atoms with Gasteiger partial charge in [-0.05, 0) is 25.2 Å². The van der Waals surface area contributed by atoms with E-state index in [0.29, 0.717) is 6.42 Å². The first-order chi connectivity index (χ1) is 7.71. The van der Waals surface area contributed by atoms with E-state index in [9.17, 15) is 27.9 Å².